The van der Waals surface area contributed by atoms with Crippen LogP contribution in [-0.4, -0.2) is 34.6 Å². The number of carbonyl (C=O) groups is 2. The lowest BCUT2D eigenvalue weighted by Crippen LogP contribution is -2.43. The molecule has 37 heavy (non-hydrogen) atoms. The Labute approximate surface area is 213 Å². The minimum Gasteiger partial charge on any atom is -0.491 e. The maximum absolute atomic E-state index is 14.0. The number of H-pyrrole nitrogens is 1. The van der Waals surface area contributed by atoms with E-state index >= 15 is 0 Å². The van der Waals surface area contributed by atoms with Crippen molar-refractivity contribution >= 4 is 39.2 Å². The molecule has 0 radical (unpaired) electrons. The highest BCUT2D eigenvalue weighted by atomic mass is 16.5. The summed E-state index contributed by atoms with van der Waals surface area (Å²) in [6, 6.07) is 21.2. The van der Waals surface area contributed by atoms with Gasteiger partial charge in [0.2, 0.25) is 11.8 Å². The number of hydrogen-bond donors (Lipinski definition) is 1. The Morgan fingerprint density at radius 1 is 1.03 bits per heavy atom. The lowest BCUT2D eigenvalue weighted by Gasteiger charge is -2.31. The molecular formula is C30H25N3O4. The molecule has 3 saturated heterocycles. The summed E-state index contributed by atoms with van der Waals surface area (Å²) in [6.45, 7) is 2.30. The number of imide groups is 1. The predicted molar refractivity (Wildman–Crippen MR) is 138 cm³/mol. The van der Waals surface area contributed by atoms with Crippen molar-refractivity contribution in [3.8, 4) is 11.8 Å². The van der Waals surface area contributed by atoms with Gasteiger partial charge in [-0.3, -0.25) is 9.59 Å². The third-order valence-corrected chi connectivity index (χ3v) is 8.60. The second kappa shape index (κ2) is 7.67. The summed E-state index contributed by atoms with van der Waals surface area (Å²) in [5.41, 5.74) is 0.150. The highest BCUT2D eigenvalue weighted by Gasteiger charge is 2.74. The lowest BCUT2D eigenvalue weighted by molar-refractivity contribution is -0.131. The van der Waals surface area contributed by atoms with Crippen LogP contribution in [-0.2, 0) is 14.3 Å². The molecule has 4 unspecified atom stereocenters. The number of amides is 2. The minimum absolute atomic E-state index is 0.275. The highest BCUT2D eigenvalue weighted by molar-refractivity contribution is 6.24. The number of aromatic amines is 1. The van der Waals surface area contributed by atoms with E-state index in [4.69, 9.17) is 9.47 Å². The zero-order valence-electron chi connectivity index (χ0n) is 20.4. The van der Waals surface area contributed by atoms with Crippen LogP contribution in [0.2, 0.25) is 0 Å². The number of anilines is 1. The van der Waals surface area contributed by atoms with Crippen LogP contribution in [0, 0.1) is 23.2 Å². The van der Waals surface area contributed by atoms with Crippen molar-refractivity contribution in [2.45, 2.75) is 37.4 Å². The number of para-hydroxylation sites is 1. The molecule has 7 nitrogen and oxygen atoms in total. The monoisotopic (exact) mass is 491 g/mol. The summed E-state index contributed by atoms with van der Waals surface area (Å²) in [7, 11) is 0. The number of benzene rings is 3. The first-order chi connectivity index (χ1) is 18.0. The molecule has 4 heterocycles. The topological polar surface area (TPSA) is 95.4 Å². The van der Waals surface area contributed by atoms with Crippen molar-refractivity contribution < 1.29 is 19.1 Å². The van der Waals surface area contributed by atoms with Crippen LogP contribution in [0.4, 0.5) is 5.69 Å². The van der Waals surface area contributed by atoms with Gasteiger partial charge in [-0.25, -0.2) is 4.90 Å². The van der Waals surface area contributed by atoms with Crippen LogP contribution in [0.5, 0.6) is 5.75 Å². The van der Waals surface area contributed by atoms with Crippen LogP contribution in [0.1, 0.15) is 31.7 Å². The molecule has 4 aromatic rings. The van der Waals surface area contributed by atoms with Crippen LogP contribution < -0.4 is 9.64 Å². The second-order valence-electron chi connectivity index (χ2n) is 10.5. The molecule has 0 spiro atoms. The summed E-state index contributed by atoms with van der Waals surface area (Å²) in [6.07, 6.45) is 3.77. The van der Waals surface area contributed by atoms with E-state index in [-0.39, 0.29) is 11.8 Å². The lowest BCUT2D eigenvalue weighted by atomic mass is 9.67. The number of aromatic nitrogens is 1. The molecule has 0 aliphatic carbocycles. The second-order valence-corrected chi connectivity index (χ2v) is 10.5. The van der Waals surface area contributed by atoms with Gasteiger partial charge in [-0.05, 0) is 43.4 Å². The average molecular weight is 492 g/mol. The van der Waals surface area contributed by atoms with E-state index in [1.807, 2.05) is 67.7 Å². The third-order valence-electron chi connectivity index (χ3n) is 8.60. The van der Waals surface area contributed by atoms with Crippen molar-refractivity contribution in [1.29, 1.82) is 5.26 Å². The van der Waals surface area contributed by atoms with Crippen molar-refractivity contribution in [2.24, 2.45) is 11.8 Å². The Morgan fingerprint density at radius 3 is 2.70 bits per heavy atom. The van der Waals surface area contributed by atoms with Gasteiger partial charge in [0.15, 0.2) is 0 Å². The quantitative estimate of drug-likeness (QED) is 0.393. The molecular weight excluding hydrogens is 466 g/mol. The van der Waals surface area contributed by atoms with E-state index < -0.39 is 23.0 Å². The molecule has 3 fully saturated rings. The summed E-state index contributed by atoms with van der Waals surface area (Å²) in [5, 5.41) is 12.7. The van der Waals surface area contributed by atoms with E-state index in [2.05, 4.69) is 11.1 Å². The maximum atomic E-state index is 14.0. The fraction of sp³-hybridized carbons (Fsp3) is 0.300. The van der Waals surface area contributed by atoms with E-state index in [1.165, 1.54) is 4.90 Å². The molecule has 7 rings (SSSR count). The molecule has 3 aliphatic rings. The van der Waals surface area contributed by atoms with Crippen molar-refractivity contribution in [3.05, 3.63) is 72.4 Å². The van der Waals surface area contributed by atoms with Gasteiger partial charge in [0.25, 0.3) is 0 Å². The molecule has 2 amide bonds. The average Bonchev–Trinajstić information content (AvgIpc) is 3.64. The maximum Gasteiger partial charge on any atom is 0.240 e. The molecule has 2 bridgehead atoms. The Balaban J connectivity index is 1.22. The van der Waals surface area contributed by atoms with Crippen LogP contribution in [0.25, 0.3) is 21.7 Å². The molecule has 1 N–H and O–H groups in total. The first-order valence-electron chi connectivity index (χ1n) is 12.6. The molecule has 7 heteroatoms. The van der Waals surface area contributed by atoms with Gasteiger partial charge >= 0.3 is 0 Å². The molecule has 184 valence electrons. The summed E-state index contributed by atoms with van der Waals surface area (Å²) in [5.74, 6) is -0.973. The van der Waals surface area contributed by atoms with E-state index in [9.17, 15) is 14.9 Å². The minimum atomic E-state index is -0.770. The van der Waals surface area contributed by atoms with Gasteiger partial charge in [-0.15, -0.1) is 0 Å². The van der Waals surface area contributed by atoms with Gasteiger partial charge in [0.1, 0.15) is 11.8 Å². The summed E-state index contributed by atoms with van der Waals surface area (Å²) < 4.78 is 12.7. The molecule has 0 saturated carbocycles. The number of fused-ring (bicyclic) bond motifs is 7. The van der Waals surface area contributed by atoms with Crippen molar-refractivity contribution in [1.82, 2.24) is 4.98 Å². The van der Waals surface area contributed by atoms with Crippen LogP contribution >= 0.6 is 0 Å². The number of rotatable bonds is 5. The normalized spacial score (nSPS) is 28.3. The zero-order chi connectivity index (χ0) is 25.4. The van der Waals surface area contributed by atoms with E-state index in [0.29, 0.717) is 37.1 Å². The van der Waals surface area contributed by atoms with Crippen LogP contribution in [0.3, 0.4) is 0 Å². The van der Waals surface area contributed by atoms with E-state index in [0.717, 1.165) is 27.4 Å². The Hall–Kier alpha value is -4.15. The van der Waals surface area contributed by atoms with Gasteiger partial charge in [0.05, 0.1) is 46.4 Å². The Morgan fingerprint density at radius 2 is 1.84 bits per heavy atom. The first-order valence-corrected chi connectivity index (χ1v) is 12.6. The highest BCUT2D eigenvalue weighted by Crippen LogP contribution is 2.62. The van der Waals surface area contributed by atoms with Gasteiger partial charge in [0, 0.05) is 23.4 Å². The van der Waals surface area contributed by atoms with Gasteiger partial charge in [-0.1, -0.05) is 42.5 Å². The molecule has 4 atom stereocenters. The Kier molecular flexibility index (Phi) is 4.58. The zero-order valence-corrected chi connectivity index (χ0v) is 20.4. The fourth-order valence-electron chi connectivity index (χ4n) is 6.92. The largest absolute Gasteiger partial charge is 0.491 e. The SMILES string of the molecule is CC12CCC(CCOc3cccc4cc[nH]c34)(O1)C1C(=O)N(c3ccc4ccccc4c3C#N)C(=O)C12. The number of ether oxygens (including phenoxy) is 2. The molecule has 3 aromatic carbocycles. The van der Waals surface area contributed by atoms with Gasteiger partial charge in [-0.2, -0.15) is 5.26 Å². The van der Waals surface area contributed by atoms with Crippen molar-refractivity contribution in [3.63, 3.8) is 0 Å². The van der Waals surface area contributed by atoms with Crippen LogP contribution in [0.15, 0.2) is 66.9 Å². The van der Waals surface area contributed by atoms with Gasteiger partial charge < -0.3 is 14.5 Å². The number of nitrogens with one attached hydrogen (secondary N) is 1. The third kappa shape index (κ3) is 2.96. The standard InChI is InChI=1S/C30H25N3O4/c1-29-12-13-30(37-29,14-16-36-23-8-4-6-19-11-15-32-26(19)23)25-24(29)27(34)33(28(25)35)22-10-9-18-5-2-3-7-20(18)21(22)17-31/h2-11,15,24-25,32H,12-14,16H2,1H3. The summed E-state index contributed by atoms with van der Waals surface area (Å²) >= 11 is 0. The molecule has 3 aliphatic heterocycles. The number of carbonyl (C=O) groups excluding carboxylic acids is 2. The smallest absolute Gasteiger partial charge is 0.240 e. The van der Waals surface area contributed by atoms with Crippen molar-refractivity contribution in [2.75, 3.05) is 11.5 Å². The Bertz CT molecular complexity index is 1650. The predicted octanol–water partition coefficient (Wildman–Crippen LogP) is 5.09. The number of nitrogens with zero attached hydrogens (tertiary/aromatic N) is 2. The number of hydrogen-bond acceptors (Lipinski definition) is 5. The molecule has 1 aromatic heterocycles. The first kappa shape index (κ1) is 22.1. The number of nitriles is 1. The van der Waals surface area contributed by atoms with E-state index in [1.54, 1.807) is 6.07 Å². The fourth-order valence-corrected chi connectivity index (χ4v) is 6.92. The summed E-state index contributed by atoms with van der Waals surface area (Å²) in [4.78, 5) is 32.3.